The summed E-state index contributed by atoms with van der Waals surface area (Å²) in [7, 11) is 0. The van der Waals surface area contributed by atoms with Crippen LogP contribution in [0.3, 0.4) is 0 Å². The minimum absolute atomic E-state index is 0.0288. The number of nitrogens with zero attached hydrogens (tertiary/aromatic N) is 2. The fourth-order valence-corrected chi connectivity index (χ4v) is 8.28. The molecule has 0 aliphatic carbocycles. The normalized spacial score (nSPS) is 16.9. The van der Waals surface area contributed by atoms with Gasteiger partial charge in [0.05, 0.1) is 24.4 Å². The van der Waals surface area contributed by atoms with Crippen molar-refractivity contribution in [2.45, 2.75) is 157 Å². The van der Waals surface area contributed by atoms with Crippen LogP contribution in [-0.4, -0.2) is 53.1 Å². The average molecular weight is 795 g/mol. The van der Waals surface area contributed by atoms with Crippen molar-refractivity contribution in [3.8, 4) is 34.5 Å². The monoisotopic (exact) mass is 794 g/mol. The lowest BCUT2D eigenvalue weighted by Gasteiger charge is -2.25. The largest absolute Gasteiger partial charge is 0.487 e. The summed E-state index contributed by atoms with van der Waals surface area (Å²) in [6.45, 7) is 20.6. The van der Waals surface area contributed by atoms with Gasteiger partial charge in [-0.05, 0) is 164 Å². The third-order valence-electron chi connectivity index (χ3n) is 11.7. The third-order valence-corrected chi connectivity index (χ3v) is 11.7. The Bertz CT molecular complexity index is 1980. The molecule has 3 aliphatic heterocycles. The van der Waals surface area contributed by atoms with Crippen molar-refractivity contribution in [1.29, 1.82) is 0 Å². The third kappa shape index (κ3) is 10.4. The summed E-state index contributed by atoms with van der Waals surface area (Å²) in [5, 5.41) is 0. The second-order valence-electron chi connectivity index (χ2n) is 17.3. The fraction of sp³-hybridized carbons (Fsp3) is 0.510. The van der Waals surface area contributed by atoms with Crippen molar-refractivity contribution in [3.05, 3.63) is 106 Å². The summed E-state index contributed by atoms with van der Waals surface area (Å²) in [4.78, 5) is 4.90. The Morgan fingerprint density at radius 1 is 0.534 bits per heavy atom. The maximum Gasteiger partial charge on any atom is 0.231 e. The van der Waals surface area contributed by atoms with Crippen LogP contribution < -0.4 is 28.4 Å². The van der Waals surface area contributed by atoms with E-state index in [4.69, 9.17) is 28.4 Å². The Hall–Kier alpha value is -4.47. The van der Waals surface area contributed by atoms with Gasteiger partial charge in [-0.15, -0.1) is 0 Å². The van der Waals surface area contributed by atoms with E-state index in [1.54, 1.807) is 6.07 Å². The lowest BCUT2D eigenvalue weighted by molar-refractivity contribution is 0.145. The van der Waals surface area contributed by atoms with Gasteiger partial charge >= 0.3 is 0 Å². The molecule has 7 rings (SSSR count). The standard InChI is InChI=1S/C49H63FN2O6/c1-31(2)55-44-20-18-38(17-13-34(6)52-26-39-10-9-11-43(50)42(39)29-52)23-49(44)58-36(8)15-14-35(7)57-45-21-19-37(22-48(45)56-32(3)4)16-12-33(5)51-27-40-24-46-47(54-30-53-46)25-41(40)28-51/h9-11,18-25,31-36H,12-17,26-30H2,1-8H3/t33-,34-,35?,36?/m1/s1. The van der Waals surface area contributed by atoms with Crippen molar-refractivity contribution >= 4 is 0 Å². The molecule has 312 valence electrons. The van der Waals surface area contributed by atoms with Crippen LogP contribution in [0, 0.1) is 5.82 Å². The molecule has 3 heterocycles. The highest BCUT2D eigenvalue weighted by molar-refractivity contribution is 5.50. The zero-order chi connectivity index (χ0) is 40.9. The van der Waals surface area contributed by atoms with Crippen LogP contribution in [0.5, 0.6) is 34.5 Å². The topological polar surface area (TPSA) is 61.9 Å². The van der Waals surface area contributed by atoms with Crippen LogP contribution in [0.25, 0.3) is 0 Å². The molecule has 8 nitrogen and oxygen atoms in total. The summed E-state index contributed by atoms with van der Waals surface area (Å²) in [6.07, 6.45) is 5.46. The Kier molecular flexibility index (Phi) is 13.4. The van der Waals surface area contributed by atoms with Crippen molar-refractivity contribution in [3.63, 3.8) is 0 Å². The van der Waals surface area contributed by atoms with Gasteiger partial charge in [-0.3, -0.25) is 9.80 Å². The molecule has 0 amide bonds. The van der Waals surface area contributed by atoms with Crippen molar-refractivity contribution < 1.29 is 32.8 Å². The zero-order valence-corrected chi connectivity index (χ0v) is 35.8. The second kappa shape index (κ2) is 18.6. The summed E-state index contributed by atoms with van der Waals surface area (Å²) < 4.78 is 51.2. The van der Waals surface area contributed by atoms with Crippen LogP contribution in [0.2, 0.25) is 0 Å². The molecule has 0 saturated carbocycles. The molecule has 0 N–H and O–H groups in total. The fourth-order valence-electron chi connectivity index (χ4n) is 8.28. The van der Waals surface area contributed by atoms with Gasteiger partial charge in [0.1, 0.15) is 5.82 Å². The summed E-state index contributed by atoms with van der Waals surface area (Å²) in [5.74, 6) is 4.73. The van der Waals surface area contributed by atoms with Crippen molar-refractivity contribution in [1.82, 2.24) is 9.80 Å². The lowest BCUT2D eigenvalue weighted by Crippen LogP contribution is -2.28. The first-order chi connectivity index (χ1) is 27.9. The molecule has 4 atom stereocenters. The maximum absolute atomic E-state index is 14.4. The highest BCUT2D eigenvalue weighted by Crippen LogP contribution is 2.39. The summed E-state index contributed by atoms with van der Waals surface area (Å²) >= 11 is 0. The number of halogens is 1. The van der Waals surface area contributed by atoms with E-state index < -0.39 is 0 Å². The van der Waals surface area contributed by atoms with Gasteiger partial charge in [0, 0.05) is 43.8 Å². The van der Waals surface area contributed by atoms with Gasteiger partial charge in [-0.1, -0.05) is 24.3 Å². The molecule has 0 spiro atoms. The highest BCUT2D eigenvalue weighted by Gasteiger charge is 2.28. The number of aryl methyl sites for hydroxylation is 2. The molecular formula is C49H63FN2O6. The summed E-state index contributed by atoms with van der Waals surface area (Å²) in [6, 6.07) is 23.2. The van der Waals surface area contributed by atoms with Gasteiger partial charge in [0.2, 0.25) is 6.79 Å². The molecule has 4 aromatic rings. The Labute approximate surface area is 345 Å². The van der Waals surface area contributed by atoms with Crippen LogP contribution in [0.4, 0.5) is 4.39 Å². The van der Waals surface area contributed by atoms with E-state index in [-0.39, 0.29) is 30.2 Å². The molecule has 0 fully saturated rings. The lowest BCUT2D eigenvalue weighted by atomic mass is 10.0. The van der Waals surface area contributed by atoms with Gasteiger partial charge < -0.3 is 28.4 Å². The van der Waals surface area contributed by atoms with Crippen LogP contribution in [-0.2, 0) is 39.0 Å². The first kappa shape index (κ1) is 41.7. The van der Waals surface area contributed by atoms with Crippen LogP contribution in [0.1, 0.15) is 114 Å². The average Bonchev–Trinajstić information content (AvgIpc) is 3.94. The molecule has 2 unspecified atom stereocenters. The Morgan fingerprint density at radius 3 is 1.57 bits per heavy atom. The second-order valence-corrected chi connectivity index (χ2v) is 17.3. The van der Waals surface area contributed by atoms with Gasteiger partial charge in [0.25, 0.3) is 0 Å². The zero-order valence-electron chi connectivity index (χ0n) is 35.8. The summed E-state index contributed by atoms with van der Waals surface area (Å²) in [5.41, 5.74) is 7.06. The van der Waals surface area contributed by atoms with E-state index in [9.17, 15) is 4.39 Å². The highest BCUT2D eigenvalue weighted by atomic mass is 19.1. The maximum atomic E-state index is 14.4. The van der Waals surface area contributed by atoms with Gasteiger partial charge in [0.15, 0.2) is 34.5 Å². The van der Waals surface area contributed by atoms with Crippen molar-refractivity contribution in [2.75, 3.05) is 6.79 Å². The Morgan fingerprint density at radius 2 is 1.02 bits per heavy atom. The number of ether oxygens (including phenoxy) is 6. The quantitative estimate of drug-likeness (QED) is 0.0930. The Balaban J connectivity index is 0.903. The number of hydrogen-bond donors (Lipinski definition) is 0. The van der Waals surface area contributed by atoms with Crippen molar-refractivity contribution in [2.24, 2.45) is 0 Å². The van der Waals surface area contributed by atoms with E-state index in [2.05, 4.69) is 93.8 Å². The molecule has 0 aromatic heterocycles. The molecule has 9 heteroatoms. The van der Waals surface area contributed by atoms with Gasteiger partial charge in [-0.25, -0.2) is 4.39 Å². The number of hydrogen-bond acceptors (Lipinski definition) is 8. The predicted octanol–water partition coefficient (Wildman–Crippen LogP) is 10.8. The molecule has 0 radical (unpaired) electrons. The SMILES string of the molecule is CC(C)Oc1cc(CC[C@@H](C)N2Cc3cc4c(cc3C2)OCO4)ccc1OC(C)CCC(C)Oc1cc(CC[C@@H](C)N2Cc3cccc(F)c3C2)ccc1OC(C)C. The molecule has 4 aromatic carbocycles. The van der Waals surface area contributed by atoms with Crippen LogP contribution >= 0.6 is 0 Å². The van der Waals surface area contributed by atoms with Gasteiger partial charge in [-0.2, -0.15) is 0 Å². The minimum atomic E-state index is -0.0963. The molecule has 3 aliphatic rings. The van der Waals surface area contributed by atoms with E-state index >= 15 is 0 Å². The molecule has 0 bridgehead atoms. The minimum Gasteiger partial charge on any atom is -0.487 e. The van der Waals surface area contributed by atoms with E-state index in [0.717, 1.165) is 104 Å². The number of rotatable bonds is 19. The first-order valence-corrected chi connectivity index (χ1v) is 21.5. The van der Waals surface area contributed by atoms with E-state index in [0.29, 0.717) is 25.4 Å². The molecule has 58 heavy (non-hydrogen) atoms. The number of fused-ring (bicyclic) bond motifs is 3. The molecule has 0 saturated heterocycles. The van der Waals surface area contributed by atoms with E-state index in [1.807, 2.05) is 32.0 Å². The van der Waals surface area contributed by atoms with E-state index in [1.165, 1.54) is 22.3 Å². The smallest absolute Gasteiger partial charge is 0.231 e. The number of benzene rings is 4. The predicted molar refractivity (Wildman–Crippen MR) is 227 cm³/mol. The molecular weight excluding hydrogens is 732 g/mol. The van der Waals surface area contributed by atoms with Crippen LogP contribution in [0.15, 0.2) is 66.7 Å². The first-order valence-electron chi connectivity index (χ1n) is 21.5.